The fourth-order valence-corrected chi connectivity index (χ4v) is 0.964. The zero-order chi connectivity index (χ0) is 11.1. The van der Waals surface area contributed by atoms with E-state index in [4.69, 9.17) is 0 Å². The molecule has 15 heavy (non-hydrogen) atoms. The predicted octanol–water partition coefficient (Wildman–Crippen LogP) is -3.59. The van der Waals surface area contributed by atoms with Gasteiger partial charge in [0.05, 0.1) is 0 Å². The Morgan fingerprint density at radius 1 is 0.867 bits per heavy atom. The third-order valence-corrected chi connectivity index (χ3v) is 1.73. The monoisotopic (exact) mass is 308 g/mol. The quantitative estimate of drug-likeness (QED) is 0.448. The topological polar surface area (TPSA) is 120 Å². The van der Waals surface area contributed by atoms with E-state index < -0.39 is 36.7 Å². The maximum Gasteiger partial charge on any atom is 0.0445 e. The Balaban J connectivity index is 0. The molecule has 0 rings (SSSR count). The summed E-state index contributed by atoms with van der Waals surface area (Å²) in [6.45, 7) is 0. The molecule has 1 radical (unpaired) electrons. The molecule has 0 saturated carbocycles. The van der Waals surface area contributed by atoms with Crippen molar-refractivity contribution in [1.82, 2.24) is 0 Å². The van der Waals surface area contributed by atoms with E-state index in [0.717, 1.165) is 0 Å². The van der Waals surface area contributed by atoms with Gasteiger partial charge < -0.3 is 29.7 Å². The molecule has 0 aliphatic heterocycles. The number of carbonyl (C=O) groups excluding carboxylic acids is 3. The van der Waals surface area contributed by atoms with Crippen LogP contribution in [0.2, 0.25) is 0 Å². The van der Waals surface area contributed by atoms with E-state index in [1.165, 1.54) is 0 Å². The largest absolute Gasteiger partial charge is 0.550 e. The normalized spacial score (nSPS) is 9.40. The van der Waals surface area contributed by atoms with Crippen molar-refractivity contribution in [2.75, 3.05) is 0 Å². The van der Waals surface area contributed by atoms with Crippen LogP contribution in [0.15, 0.2) is 0 Å². The summed E-state index contributed by atoms with van der Waals surface area (Å²) in [7, 11) is 0. The molecule has 7 heteroatoms. The van der Waals surface area contributed by atoms with Gasteiger partial charge in [-0.05, 0) is 31.6 Å². The molecule has 91 valence electrons. The summed E-state index contributed by atoms with van der Waals surface area (Å²) in [4.78, 5) is 30.4. The number of aliphatic carboxylic acids is 3. The summed E-state index contributed by atoms with van der Waals surface area (Å²) < 4.78 is 0. The van der Waals surface area contributed by atoms with Crippen LogP contribution in [0.1, 0.15) is 25.7 Å². The summed E-state index contributed by atoms with van der Waals surface area (Å²) in [6, 6.07) is 0. The van der Waals surface area contributed by atoms with Crippen molar-refractivity contribution in [3.63, 3.8) is 0 Å². The fraction of sp³-hybridized carbons (Fsp3) is 0.625. The van der Waals surface area contributed by atoms with Crippen molar-refractivity contribution in [3.8, 4) is 0 Å². The third-order valence-electron chi connectivity index (χ3n) is 1.73. The summed E-state index contributed by atoms with van der Waals surface area (Å²) in [5.74, 6) is -5.27. The number of carbonyl (C=O) groups is 3. The molecule has 0 aromatic heterocycles. The van der Waals surface area contributed by atoms with Crippen LogP contribution in [0.3, 0.4) is 0 Å². The van der Waals surface area contributed by atoms with Gasteiger partial charge in [-0.3, -0.25) is 0 Å². The molecule has 0 N–H and O–H groups in total. The zero-order valence-corrected chi connectivity index (χ0v) is 9.14. The van der Waals surface area contributed by atoms with E-state index in [2.05, 4.69) is 0 Å². The first kappa shape index (κ1) is 16.6. The number of carboxylic acids is 3. The van der Waals surface area contributed by atoms with Crippen molar-refractivity contribution in [2.24, 2.45) is 5.92 Å². The molecule has 0 amide bonds. The SMILES string of the molecule is O=C([O-])CCC(CCC(=O)[O-])C(=O)[O-].[Ag]. The van der Waals surface area contributed by atoms with Crippen LogP contribution in [-0.2, 0) is 36.8 Å². The van der Waals surface area contributed by atoms with Crippen LogP contribution in [0, 0.1) is 5.92 Å². The summed E-state index contributed by atoms with van der Waals surface area (Å²) in [5, 5.41) is 30.4. The first-order valence-corrected chi connectivity index (χ1v) is 4.04. The van der Waals surface area contributed by atoms with Gasteiger partial charge in [0.1, 0.15) is 0 Å². The molecule has 0 heterocycles. The molecule has 0 unspecified atom stereocenters. The molecule has 0 atom stereocenters. The average Bonchev–Trinajstić information content (AvgIpc) is 2.02. The molecule has 0 aliphatic rings. The maximum absolute atomic E-state index is 10.4. The standard InChI is InChI=1S/C8H12O6.Ag/c9-6(10)3-1-5(8(13)14)2-4-7(11)12;/h5H,1-4H2,(H,9,10)(H,11,12)(H,13,14);/p-3. The fourth-order valence-electron chi connectivity index (χ4n) is 0.964. The first-order valence-electron chi connectivity index (χ1n) is 4.04. The molecule has 0 fully saturated rings. The molecule has 0 saturated heterocycles. The van der Waals surface area contributed by atoms with Gasteiger partial charge in [0, 0.05) is 40.3 Å². The second-order valence-corrected chi connectivity index (χ2v) is 2.84. The van der Waals surface area contributed by atoms with Crippen molar-refractivity contribution in [3.05, 3.63) is 0 Å². The molecular weight excluding hydrogens is 300 g/mol. The van der Waals surface area contributed by atoms with Gasteiger partial charge >= 0.3 is 0 Å². The molecular formula is C8H9AgO6-3. The van der Waals surface area contributed by atoms with Crippen LogP contribution in [-0.4, -0.2) is 17.9 Å². The van der Waals surface area contributed by atoms with Crippen molar-refractivity contribution in [1.29, 1.82) is 0 Å². The number of carboxylic acid groups (broad SMARTS) is 3. The Morgan fingerprint density at radius 3 is 1.40 bits per heavy atom. The van der Waals surface area contributed by atoms with Crippen LogP contribution >= 0.6 is 0 Å². The minimum atomic E-state index is -1.45. The molecule has 0 aromatic rings. The number of hydrogen-bond acceptors (Lipinski definition) is 6. The van der Waals surface area contributed by atoms with Crippen molar-refractivity contribution >= 4 is 17.9 Å². The van der Waals surface area contributed by atoms with E-state index in [0.29, 0.717) is 0 Å². The molecule has 0 aliphatic carbocycles. The van der Waals surface area contributed by atoms with Crippen molar-refractivity contribution in [2.45, 2.75) is 25.7 Å². The Hall–Kier alpha value is -0.850. The second kappa shape index (κ2) is 8.46. The van der Waals surface area contributed by atoms with Crippen LogP contribution < -0.4 is 15.3 Å². The van der Waals surface area contributed by atoms with Gasteiger partial charge in [0.15, 0.2) is 0 Å². The van der Waals surface area contributed by atoms with E-state index >= 15 is 0 Å². The average molecular weight is 309 g/mol. The van der Waals surface area contributed by atoms with Crippen LogP contribution in [0.25, 0.3) is 0 Å². The Bertz CT molecular complexity index is 221. The van der Waals surface area contributed by atoms with E-state index in [9.17, 15) is 29.7 Å². The van der Waals surface area contributed by atoms with Gasteiger partial charge in [-0.15, -0.1) is 0 Å². The first-order chi connectivity index (χ1) is 6.43. The van der Waals surface area contributed by atoms with Gasteiger partial charge in [0.2, 0.25) is 0 Å². The second-order valence-electron chi connectivity index (χ2n) is 2.84. The van der Waals surface area contributed by atoms with Gasteiger partial charge in [-0.2, -0.15) is 0 Å². The molecule has 6 nitrogen and oxygen atoms in total. The minimum absolute atomic E-state index is 0. The molecule has 0 spiro atoms. The smallest absolute Gasteiger partial charge is 0.0445 e. The van der Waals surface area contributed by atoms with Crippen LogP contribution in [0.4, 0.5) is 0 Å². The van der Waals surface area contributed by atoms with E-state index in [-0.39, 0.29) is 35.2 Å². The summed E-state index contributed by atoms with van der Waals surface area (Å²) in [6.07, 6.45) is -1.21. The summed E-state index contributed by atoms with van der Waals surface area (Å²) >= 11 is 0. The Labute approximate surface area is 102 Å². The summed E-state index contributed by atoms with van der Waals surface area (Å²) in [5.41, 5.74) is 0. The van der Waals surface area contributed by atoms with E-state index in [1.807, 2.05) is 0 Å². The Kier molecular flexibility index (Phi) is 9.35. The Morgan fingerprint density at radius 2 is 1.20 bits per heavy atom. The number of hydrogen-bond donors (Lipinski definition) is 0. The van der Waals surface area contributed by atoms with Crippen molar-refractivity contribution < 1.29 is 52.1 Å². The van der Waals surface area contributed by atoms with Gasteiger partial charge in [-0.1, -0.05) is 0 Å². The molecule has 0 bridgehead atoms. The zero-order valence-electron chi connectivity index (χ0n) is 7.66. The third kappa shape index (κ3) is 9.45. The van der Waals surface area contributed by atoms with E-state index in [1.54, 1.807) is 0 Å². The predicted molar refractivity (Wildman–Crippen MR) is 37.0 cm³/mol. The van der Waals surface area contributed by atoms with Crippen LogP contribution in [0.5, 0.6) is 0 Å². The van der Waals surface area contributed by atoms with Gasteiger partial charge in [0.25, 0.3) is 0 Å². The number of rotatable bonds is 7. The maximum atomic E-state index is 10.4. The minimum Gasteiger partial charge on any atom is -0.550 e. The van der Waals surface area contributed by atoms with Gasteiger partial charge in [-0.25, -0.2) is 0 Å². The molecule has 0 aromatic carbocycles.